The van der Waals surface area contributed by atoms with Crippen LogP contribution in [0.25, 0.3) is 0 Å². The van der Waals surface area contributed by atoms with Crippen LogP contribution in [-0.4, -0.2) is 18.2 Å². The van der Waals surface area contributed by atoms with Gasteiger partial charge in [-0.15, -0.1) is 0 Å². The van der Waals surface area contributed by atoms with Crippen LogP contribution in [0.2, 0.25) is 0 Å². The first-order chi connectivity index (χ1) is 9.17. The molecule has 1 aromatic carbocycles. The van der Waals surface area contributed by atoms with Crippen molar-refractivity contribution in [3.05, 3.63) is 35.6 Å². The number of aliphatic hydroxyl groups is 1. The molecule has 2 rings (SSSR count). The van der Waals surface area contributed by atoms with Crippen molar-refractivity contribution < 1.29 is 9.50 Å². The number of hydrogen-bond donors (Lipinski definition) is 2. The number of hydrogen-bond acceptors (Lipinski definition) is 2. The van der Waals surface area contributed by atoms with Crippen LogP contribution in [0.15, 0.2) is 24.3 Å². The van der Waals surface area contributed by atoms with Gasteiger partial charge in [0.1, 0.15) is 5.82 Å². The van der Waals surface area contributed by atoms with Crippen LogP contribution in [0.3, 0.4) is 0 Å². The van der Waals surface area contributed by atoms with E-state index in [9.17, 15) is 9.50 Å². The molecule has 0 saturated heterocycles. The summed E-state index contributed by atoms with van der Waals surface area (Å²) < 4.78 is 13.5. The molecular formula is C16H24FNO. The summed E-state index contributed by atoms with van der Waals surface area (Å²) in [5, 5.41) is 13.4. The molecule has 1 aliphatic rings. The van der Waals surface area contributed by atoms with Gasteiger partial charge >= 0.3 is 0 Å². The Morgan fingerprint density at radius 3 is 2.63 bits per heavy atom. The van der Waals surface area contributed by atoms with Gasteiger partial charge in [0.15, 0.2) is 0 Å². The highest BCUT2D eigenvalue weighted by atomic mass is 19.1. The van der Waals surface area contributed by atoms with Gasteiger partial charge in [0.25, 0.3) is 0 Å². The molecule has 1 aliphatic carbocycles. The maximum absolute atomic E-state index is 13.5. The summed E-state index contributed by atoms with van der Waals surface area (Å²) in [6, 6.07) is 6.44. The van der Waals surface area contributed by atoms with Gasteiger partial charge < -0.3 is 10.4 Å². The highest BCUT2D eigenvalue weighted by Gasteiger charge is 2.31. The van der Waals surface area contributed by atoms with Crippen molar-refractivity contribution in [1.29, 1.82) is 0 Å². The van der Waals surface area contributed by atoms with Gasteiger partial charge in [-0.05, 0) is 30.7 Å². The molecule has 0 spiro atoms. The zero-order chi connectivity index (χ0) is 13.7. The summed E-state index contributed by atoms with van der Waals surface area (Å²) in [4.78, 5) is 0. The average Bonchev–Trinajstić information content (AvgIpc) is 2.88. The van der Waals surface area contributed by atoms with E-state index in [2.05, 4.69) is 12.2 Å². The quantitative estimate of drug-likeness (QED) is 0.826. The lowest BCUT2D eigenvalue weighted by Crippen LogP contribution is -2.34. The average molecular weight is 265 g/mol. The van der Waals surface area contributed by atoms with Crippen LogP contribution in [-0.2, 0) is 0 Å². The monoisotopic (exact) mass is 265 g/mol. The van der Waals surface area contributed by atoms with Gasteiger partial charge in [0.05, 0.1) is 6.10 Å². The molecule has 1 unspecified atom stereocenters. The molecule has 106 valence electrons. The second-order valence-electron chi connectivity index (χ2n) is 5.73. The third-order valence-corrected chi connectivity index (χ3v) is 4.52. The fourth-order valence-corrected chi connectivity index (χ4v) is 3.11. The minimum Gasteiger partial charge on any atom is -0.387 e. The third kappa shape index (κ3) is 3.54. The van der Waals surface area contributed by atoms with E-state index in [0.717, 1.165) is 6.54 Å². The zero-order valence-electron chi connectivity index (χ0n) is 11.7. The largest absolute Gasteiger partial charge is 0.387 e. The smallest absolute Gasteiger partial charge is 0.129 e. The third-order valence-electron chi connectivity index (χ3n) is 4.52. The molecule has 0 aromatic heterocycles. The van der Waals surface area contributed by atoms with Gasteiger partial charge in [-0.1, -0.05) is 38.0 Å². The minimum atomic E-state index is -0.767. The molecule has 0 heterocycles. The van der Waals surface area contributed by atoms with E-state index < -0.39 is 6.10 Å². The highest BCUT2D eigenvalue weighted by Crippen LogP contribution is 2.40. The van der Waals surface area contributed by atoms with Crippen molar-refractivity contribution in [2.75, 3.05) is 13.1 Å². The Balaban J connectivity index is 1.84. The molecule has 19 heavy (non-hydrogen) atoms. The molecular weight excluding hydrogens is 241 g/mol. The van der Waals surface area contributed by atoms with Crippen molar-refractivity contribution in [2.45, 2.75) is 45.1 Å². The number of nitrogens with one attached hydrogen (secondary N) is 1. The molecule has 0 aliphatic heterocycles. The Bertz CT molecular complexity index is 401. The van der Waals surface area contributed by atoms with Gasteiger partial charge in [0.2, 0.25) is 0 Å². The molecule has 1 saturated carbocycles. The van der Waals surface area contributed by atoms with Crippen LogP contribution < -0.4 is 5.32 Å². The van der Waals surface area contributed by atoms with Crippen molar-refractivity contribution in [3.63, 3.8) is 0 Å². The molecule has 3 heteroatoms. The second kappa shape index (κ2) is 6.49. The van der Waals surface area contributed by atoms with Gasteiger partial charge in [-0.3, -0.25) is 0 Å². The van der Waals surface area contributed by atoms with E-state index in [1.165, 1.54) is 38.2 Å². The molecule has 0 amide bonds. The summed E-state index contributed by atoms with van der Waals surface area (Å²) in [6.45, 7) is 3.58. The maximum Gasteiger partial charge on any atom is 0.129 e. The van der Waals surface area contributed by atoms with E-state index >= 15 is 0 Å². The van der Waals surface area contributed by atoms with Crippen LogP contribution in [0, 0.1) is 11.2 Å². The summed E-state index contributed by atoms with van der Waals surface area (Å²) >= 11 is 0. The fourth-order valence-electron chi connectivity index (χ4n) is 3.11. The highest BCUT2D eigenvalue weighted by molar-refractivity contribution is 5.19. The topological polar surface area (TPSA) is 32.3 Å². The number of rotatable bonds is 6. The van der Waals surface area contributed by atoms with E-state index in [1.54, 1.807) is 18.2 Å². The predicted molar refractivity (Wildman–Crippen MR) is 75.4 cm³/mol. The first kappa shape index (κ1) is 14.5. The van der Waals surface area contributed by atoms with Crippen molar-refractivity contribution in [2.24, 2.45) is 5.41 Å². The molecule has 0 bridgehead atoms. The summed E-state index contributed by atoms with van der Waals surface area (Å²) in [5.74, 6) is -0.331. The van der Waals surface area contributed by atoms with Gasteiger partial charge in [-0.25, -0.2) is 4.39 Å². The normalized spacial score (nSPS) is 19.5. The van der Waals surface area contributed by atoms with E-state index in [0.29, 0.717) is 17.5 Å². The predicted octanol–water partition coefficient (Wildman–Crippen LogP) is 3.42. The second-order valence-corrected chi connectivity index (χ2v) is 5.73. The fraction of sp³-hybridized carbons (Fsp3) is 0.625. The van der Waals surface area contributed by atoms with Gasteiger partial charge in [0, 0.05) is 18.7 Å². The summed E-state index contributed by atoms with van der Waals surface area (Å²) in [5.41, 5.74) is 0.779. The Morgan fingerprint density at radius 2 is 2.00 bits per heavy atom. The van der Waals surface area contributed by atoms with Crippen molar-refractivity contribution in [3.8, 4) is 0 Å². The Kier molecular flexibility index (Phi) is 4.94. The summed E-state index contributed by atoms with van der Waals surface area (Å²) in [7, 11) is 0. The Hall–Kier alpha value is -0.930. The first-order valence-corrected chi connectivity index (χ1v) is 7.30. The van der Waals surface area contributed by atoms with E-state index in [4.69, 9.17) is 0 Å². The summed E-state index contributed by atoms with van der Waals surface area (Å²) in [6.07, 6.45) is 5.57. The molecule has 1 aromatic rings. The molecule has 2 N–H and O–H groups in total. The number of benzene rings is 1. The zero-order valence-corrected chi connectivity index (χ0v) is 11.7. The molecule has 1 fully saturated rings. The lowest BCUT2D eigenvalue weighted by Gasteiger charge is -2.28. The first-order valence-electron chi connectivity index (χ1n) is 7.30. The van der Waals surface area contributed by atoms with Gasteiger partial charge in [-0.2, -0.15) is 0 Å². The van der Waals surface area contributed by atoms with Crippen molar-refractivity contribution in [1.82, 2.24) is 5.32 Å². The lowest BCUT2D eigenvalue weighted by molar-refractivity contribution is 0.159. The Morgan fingerprint density at radius 1 is 1.32 bits per heavy atom. The Labute approximate surface area is 115 Å². The standard InChI is InChI=1S/C16H24FNO/c1-2-16(9-5-6-10-16)12-18-11-15(19)13-7-3-4-8-14(13)17/h3-4,7-8,15,18-19H,2,5-6,9-12H2,1H3. The van der Waals surface area contributed by atoms with E-state index in [1.807, 2.05) is 0 Å². The van der Waals surface area contributed by atoms with Crippen molar-refractivity contribution >= 4 is 0 Å². The molecule has 1 atom stereocenters. The van der Waals surface area contributed by atoms with Crippen LogP contribution in [0.1, 0.15) is 50.7 Å². The number of halogens is 1. The SMILES string of the molecule is CCC1(CNCC(O)c2ccccc2F)CCCC1. The van der Waals surface area contributed by atoms with Crippen LogP contribution in [0.4, 0.5) is 4.39 Å². The molecule has 0 radical (unpaired) electrons. The molecule has 2 nitrogen and oxygen atoms in total. The van der Waals surface area contributed by atoms with E-state index in [-0.39, 0.29) is 5.82 Å². The van der Waals surface area contributed by atoms with Crippen LogP contribution in [0.5, 0.6) is 0 Å². The maximum atomic E-state index is 13.5. The minimum absolute atomic E-state index is 0.331. The van der Waals surface area contributed by atoms with Crippen LogP contribution >= 0.6 is 0 Å². The number of aliphatic hydroxyl groups excluding tert-OH is 1. The lowest BCUT2D eigenvalue weighted by atomic mass is 9.83.